The van der Waals surface area contributed by atoms with Crippen molar-refractivity contribution in [1.82, 2.24) is 15.5 Å². The molecule has 1 saturated carbocycles. The predicted octanol–water partition coefficient (Wildman–Crippen LogP) is 3.84. The van der Waals surface area contributed by atoms with E-state index in [1.807, 2.05) is 37.3 Å². The van der Waals surface area contributed by atoms with E-state index in [1.165, 1.54) is 19.3 Å². The Balaban J connectivity index is 1.57. The van der Waals surface area contributed by atoms with E-state index in [2.05, 4.69) is 20.8 Å². The molecule has 1 aliphatic carbocycles. The Hall–Kier alpha value is -2.30. The van der Waals surface area contributed by atoms with Crippen LogP contribution in [-0.4, -0.2) is 22.3 Å². The summed E-state index contributed by atoms with van der Waals surface area (Å²) in [5, 5.41) is 13.1. The molecule has 5 nitrogen and oxygen atoms in total. The van der Waals surface area contributed by atoms with E-state index >= 15 is 0 Å². The molecule has 5 heteroatoms. The average molecular weight is 298 g/mol. The molecule has 0 radical (unpaired) electrons. The summed E-state index contributed by atoms with van der Waals surface area (Å²) in [6, 6.07) is 9.94. The zero-order valence-electron chi connectivity index (χ0n) is 12.9. The molecule has 0 atom stereocenters. The normalized spacial score (nSPS) is 15.5. The lowest BCUT2D eigenvalue weighted by Crippen LogP contribution is -2.38. The van der Waals surface area contributed by atoms with Gasteiger partial charge in [0.15, 0.2) is 0 Å². The number of rotatable bonds is 3. The van der Waals surface area contributed by atoms with Gasteiger partial charge in [-0.15, -0.1) is 0 Å². The van der Waals surface area contributed by atoms with E-state index in [0.717, 1.165) is 35.5 Å². The summed E-state index contributed by atoms with van der Waals surface area (Å²) in [4.78, 5) is 12.0. The van der Waals surface area contributed by atoms with Crippen LogP contribution >= 0.6 is 0 Å². The lowest BCUT2D eigenvalue weighted by Gasteiger charge is -2.22. The van der Waals surface area contributed by atoms with Gasteiger partial charge in [0.1, 0.15) is 0 Å². The molecule has 0 aliphatic heterocycles. The van der Waals surface area contributed by atoms with Gasteiger partial charge >= 0.3 is 6.03 Å². The van der Waals surface area contributed by atoms with Crippen molar-refractivity contribution in [2.24, 2.45) is 0 Å². The minimum absolute atomic E-state index is 0.115. The van der Waals surface area contributed by atoms with Crippen LogP contribution in [-0.2, 0) is 0 Å². The maximum absolute atomic E-state index is 12.0. The summed E-state index contributed by atoms with van der Waals surface area (Å²) in [6.07, 6.45) is 5.88. The van der Waals surface area contributed by atoms with Crippen molar-refractivity contribution in [2.45, 2.75) is 45.1 Å². The molecule has 0 bridgehead atoms. The second kappa shape index (κ2) is 6.64. The molecule has 0 saturated heterocycles. The van der Waals surface area contributed by atoms with Gasteiger partial charge in [-0.3, -0.25) is 5.10 Å². The summed E-state index contributed by atoms with van der Waals surface area (Å²) in [6.45, 7) is 1.97. The molecular formula is C17H22N4O. The zero-order valence-corrected chi connectivity index (χ0v) is 12.9. The van der Waals surface area contributed by atoms with Crippen LogP contribution in [0.2, 0.25) is 0 Å². The fraction of sp³-hybridized carbons (Fsp3) is 0.412. The Bertz CT molecular complexity index is 626. The van der Waals surface area contributed by atoms with Crippen LogP contribution < -0.4 is 10.6 Å². The highest BCUT2D eigenvalue weighted by Crippen LogP contribution is 2.20. The number of hydrogen-bond acceptors (Lipinski definition) is 2. The summed E-state index contributed by atoms with van der Waals surface area (Å²) < 4.78 is 0. The van der Waals surface area contributed by atoms with Crippen molar-refractivity contribution in [2.75, 3.05) is 5.32 Å². The average Bonchev–Trinajstić information content (AvgIpc) is 2.95. The Kier molecular flexibility index (Phi) is 4.42. The minimum Gasteiger partial charge on any atom is -0.335 e. The molecule has 2 aromatic rings. The lowest BCUT2D eigenvalue weighted by atomic mass is 9.96. The van der Waals surface area contributed by atoms with E-state index < -0.39 is 0 Å². The molecule has 116 valence electrons. The van der Waals surface area contributed by atoms with Gasteiger partial charge in [-0.2, -0.15) is 5.10 Å². The van der Waals surface area contributed by atoms with Crippen LogP contribution in [0.1, 0.15) is 37.8 Å². The number of aryl methyl sites for hydroxylation is 1. The van der Waals surface area contributed by atoms with Gasteiger partial charge in [-0.25, -0.2) is 4.79 Å². The van der Waals surface area contributed by atoms with Crippen molar-refractivity contribution in [3.8, 4) is 11.3 Å². The van der Waals surface area contributed by atoms with Gasteiger partial charge in [0.05, 0.1) is 5.69 Å². The van der Waals surface area contributed by atoms with E-state index in [1.54, 1.807) is 0 Å². The van der Waals surface area contributed by atoms with E-state index in [0.29, 0.717) is 6.04 Å². The predicted molar refractivity (Wildman–Crippen MR) is 87.8 cm³/mol. The molecule has 0 spiro atoms. The third-order valence-electron chi connectivity index (χ3n) is 4.08. The van der Waals surface area contributed by atoms with Crippen LogP contribution in [0.15, 0.2) is 30.3 Å². The first-order chi connectivity index (χ1) is 10.7. The molecule has 1 aliphatic rings. The standard InChI is InChI=1S/C17H22N4O/c1-12-11-16(21-20-12)13-7-9-15(10-8-13)19-17(22)18-14-5-3-2-4-6-14/h7-11,14H,2-6H2,1H3,(H,20,21)(H2,18,19,22). The highest BCUT2D eigenvalue weighted by atomic mass is 16.2. The van der Waals surface area contributed by atoms with Crippen molar-refractivity contribution < 1.29 is 4.79 Å². The minimum atomic E-state index is -0.115. The summed E-state index contributed by atoms with van der Waals surface area (Å²) in [7, 11) is 0. The fourth-order valence-electron chi connectivity index (χ4n) is 2.89. The third kappa shape index (κ3) is 3.67. The largest absolute Gasteiger partial charge is 0.335 e. The van der Waals surface area contributed by atoms with E-state index in [9.17, 15) is 4.79 Å². The molecule has 1 aromatic carbocycles. The quantitative estimate of drug-likeness (QED) is 0.805. The summed E-state index contributed by atoms with van der Waals surface area (Å²) >= 11 is 0. The molecule has 1 heterocycles. The van der Waals surface area contributed by atoms with Crippen LogP contribution in [0.5, 0.6) is 0 Å². The molecule has 22 heavy (non-hydrogen) atoms. The van der Waals surface area contributed by atoms with Crippen molar-refractivity contribution in [3.05, 3.63) is 36.0 Å². The third-order valence-corrected chi connectivity index (χ3v) is 4.08. The number of hydrogen-bond donors (Lipinski definition) is 3. The summed E-state index contributed by atoms with van der Waals surface area (Å²) in [5.74, 6) is 0. The molecule has 1 aromatic heterocycles. The monoisotopic (exact) mass is 298 g/mol. The number of nitrogens with zero attached hydrogens (tertiary/aromatic N) is 1. The van der Waals surface area contributed by atoms with Gasteiger partial charge < -0.3 is 10.6 Å². The summed E-state index contributed by atoms with van der Waals surface area (Å²) in [5.41, 5.74) is 3.77. The maximum atomic E-state index is 12.0. The molecule has 2 amide bonds. The smallest absolute Gasteiger partial charge is 0.319 e. The van der Waals surface area contributed by atoms with Gasteiger partial charge in [0.25, 0.3) is 0 Å². The van der Waals surface area contributed by atoms with Gasteiger partial charge in [-0.05, 0) is 38.0 Å². The SMILES string of the molecule is Cc1cc(-c2ccc(NC(=O)NC3CCCCC3)cc2)n[nH]1. The second-order valence-electron chi connectivity index (χ2n) is 5.95. The number of aromatic nitrogens is 2. The number of anilines is 1. The number of carbonyl (C=O) groups excluding carboxylic acids is 1. The zero-order chi connectivity index (χ0) is 15.4. The number of H-pyrrole nitrogens is 1. The number of carbonyl (C=O) groups is 1. The number of nitrogens with one attached hydrogen (secondary N) is 3. The molecule has 3 N–H and O–H groups in total. The van der Waals surface area contributed by atoms with Crippen molar-refractivity contribution in [3.63, 3.8) is 0 Å². The fourth-order valence-corrected chi connectivity index (χ4v) is 2.89. The van der Waals surface area contributed by atoms with Crippen LogP contribution in [0.4, 0.5) is 10.5 Å². The Morgan fingerprint density at radius 3 is 2.55 bits per heavy atom. The Labute approximate surface area is 130 Å². The van der Waals surface area contributed by atoms with Crippen molar-refractivity contribution >= 4 is 11.7 Å². The Morgan fingerprint density at radius 1 is 1.18 bits per heavy atom. The number of benzene rings is 1. The number of urea groups is 1. The topological polar surface area (TPSA) is 69.8 Å². The maximum Gasteiger partial charge on any atom is 0.319 e. The van der Waals surface area contributed by atoms with E-state index in [-0.39, 0.29) is 6.03 Å². The van der Waals surface area contributed by atoms with Crippen LogP contribution in [0.3, 0.4) is 0 Å². The van der Waals surface area contributed by atoms with Gasteiger partial charge in [0.2, 0.25) is 0 Å². The van der Waals surface area contributed by atoms with Gasteiger partial charge in [-0.1, -0.05) is 31.4 Å². The van der Waals surface area contributed by atoms with Crippen molar-refractivity contribution in [1.29, 1.82) is 0 Å². The highest BCUT2D eigenvalue weighted by molar-refractivity contribution is 5.89. The second-order valence-corrected chi connectivity index (χ2v) is 5.95. The van der Waals surface area contributed by atoms with Crippen LogP contribution in [0, 0.1) is 6.92 Å². The first kappa shape index (κ1) is 14.6. The number of aromatic amines is 1. The molecule has 0 unspecified atom stereocenters. The van der Waals surface area contributed by atoms with E-state index in [4.69, 9.17) is 0 Å². The first-order valence-electron chi connectivity index (χ1n) is 7.91. The van der Waals surface area contributed by atoms with Crippen LogP contribution in [0.25, 0.3) is 11.3 Å². The lowest BCUT2D eigenvalue weighted by molar-refractivity contribution is 0.244. The Morgan fingerprint density at radius 2 is 1.91 bits per heavy atom. The van der Waals surface area contributed by atoms with Gasteiger partial charge in [0, 0.05) is 23.0 Å². The molecular weight excluding hydrogens is 276 g/mol. The first-order valence-corrected chi connectivity index (χ1v) is 7.91. The highest BCUT2D eigenvalue weighted by Gasteiger charge is 2.15. The molecule has 3 rings (SSSR count). The number of amides is 2. The molecule has 1 fully saturated rings.